The van der Waals surface area contributed by atoms with Crippen molar-refractivity contribution in [2.24, 2.45) is 0 Å². The van der Waals surface area contributed by atoms with Crippen LogP contribution in [0.2, 0.25) is 0 Å². The molecule has 0 aliphatic carbocycles. The minimum absolute atomic E-state index is 0.295. The van der Waals surface area contributed by atoms with Gasteiger partial charge in [-0.1, -0.05) is 0 Å². The first-order chi connectivity index (χ1) is 7.15. The van der Waals surface area contributed by atoms with Gasteiger partial charge in [0.2, 0.25) is 0 Å². The van der Waals surface area contributed by atoms with Crippen molar-refractivity contribution in [2.75, 3.05) is 18.1 Å². The lowest BCUT2D eigenvalue weighted by Gasteiger charge is -2.08. The highest BCUT2D eigenvalue weighted by Crippen LogP contribution is 2.27. The lowest BCUT2D eigenvalue weighted by atomic mass is 10.2. The summed E-state index contributed by atoms with van der Waals surface area (Å²) in [7, 11) is 1.85. The molecule has 15 heavy (non-hydrogen) atoms. The average molecular weight is 205 g/mol. The second-order valence-electron chi connectivity index (χ2n) is 3.76. The third-order valence-electron chi connectivity index (χ3n) is 2.39. The number of hydrogen-bond donors (Lipinski definition) is 2. The van der Waals surface area contributed by atoms with E-state index < -0.39 is 0 Å². The first kappa shape index (κ1) is 9.76. The molecule has 80 valence electrons. The summed E-state index contributed by atoms with van der Waals surface area (Å²) in [5.41, 5.74) is 8.23. The molecule has 0 aliphatic rings. The van der Waals surface area contributed by atoms with Crippen LogP contribution in [-0.4, -0.2) is 21.8 Å². The Kier molecular flexibility index (Phi) is 2.22. The van der Waals surface area contributed by atoms with Crippen LogP contribution in [0.25, 0.3) is 11.0 Å². The van der Waals surface area contributed by atoms with Crippen LogP contribution in [0.15, 0.2) is 12.4 Å². The summed E-state index contributed by atoms with van der Waals surface area (Å²) in [5.74, 6) is 0. The SMILES string of the molecule is CNc1c(N)cnc2c1cnn2C(C)C. The first-order valence-electron chi connectivity index (χ1n) is 4.94. The van der Waals surface area contributed by atoms with Crippen LogP contribution in [0.4, 0.5) is 11.4 Å². The maximum Gasteiger partial charge on any atom is 0.160 e. The summed E-state index contributed by atoms with van der Waals surface area (Å²) in [6, 6.07) is 0.295. The molecule has 2 aromatic rings. The van der Waals surface area contributed by atoms with Crippen molar-refractivity contribution in [2.45, 2.75) is 19.9 Å². The quantitative estimate of drug-likeness (QED) is 0.782. The van der Waals surface area contributed by atoms with E-state index in [2.05, 4.69) is 29.2 Å². The second kappa shape index (κ2) is 3.42. The molecular weight excluding hydrogens is 190 g/mol. The Balaban J connectivity index is 2.74. The van der Waals surface area contributed by atoms with Crippen molar-refractivity contribution in [1.29, 1.82) is 0 Å². The van der Waals surface area contributed by atoms with Crippen LogP contribution in [0.3, 0.4) is 0 Å². The molecule has 0 fully saturated rings. The highest BCUT2D eigenvalue weighted by Gasteiger charge is 2.11. The van der Waals surface area contributed by atoms with Gasteiger partial charge in [-0.05, 0) is 13.8 Å². The fraction of sp³-hybridized carbons (Fsp3) is 0.400. The number of anilines is 2. The van der Waals surface area contributed by atoms with Crippen LogP contribution in [-0.2, 0) is 0 Å². The third kappa shape index (κ3) is 1.40. The van der Waals surface area contributed by atoms with Gasteiger partial charge in [-0.3, -0.25) is 0 Å². The molecule has 0 radical (unpaired) electrons. The number of fused-ring (bicyclic) bond motifs is 1. The van der Waals surface area contributed by atoms with E-state index in [9.17, 15) is 0 Å². The molecule has 0 aromatic carbocycles. The van der Waals surface area contributed by atoms with Crippen molar-refractivity contribution in [3.05, 3.63) is 12.4 Å². The van der Waals surface area contributed by atoms with Crippen LogP contribution in [0.1, 0.15) is 19.9 Å². The molecule has 0 amide bonds. The maximum absolute atomic E-state index is 5.82. The van der Waals surface area contributed by atoms with Crippen LogP contribution in [0.5, 0.6) is 0 Å². The lowest BCUT2D eigenvalue weighted by Crippen LogP contribution is -2.04. The van der Waals surface area contributed by atoms with Gasteiger partial charge < -0.3 is 11.1 Å². The van der Waals surface area contributed by atoms with Gasteiger partial charge in [-0.2, -0.15) is 5.10 Å². The first-order valence-corrected chi connectivity index (χ1v) is 4.94. The molecule has 2 rings (SSSR count). The predicted molar refractivity (Wildman–Crippen MR) is 61.9 cm³/mol. The zero-order valence-electron chi connectivity index (χ0n) is 9.15. The molecule has 0 aliphatic heterocycles. The fourth-order valence-corrected chi connectivity index (χ4v) is 1.67. The van der Waals surface area contributed by atoms with Crippen molar-refractivity contribution >= 4 is 22.4 Å². The van der Waals surface area contributed by atoms with E-state index in [1.165, 1.54) is 0 Å². The average Bonchev–Trinajstić information content (AvgIpc) is 2.61. The molecule has 3 N–H and O–H groups in total. The fourth-order valence-electron chi connectivity index (χ4n) is 1.67. The summed E-state index contributed by atoms with van der Waals surface area (Å²) in [5, 5.41) is 8.34. The third-order valence-corrected chi connectivity index (χ3v) is 2.39. The van der Waals surface area contributed by atoms with Crippen molar-refractivity contribution in [3.8, 4) is 0 Å². The van der Waals surface area contributed by atoms with Crippen molar-refractivity contribution in [1.82, 2.24) is 14.8 Å². The van der Waals surface area contributed by atoms with Gasteiger partial charge in [-0.25, -0.2) is 9.67 Å². The molecule has 5 heteroatoms. The number of nitrogen functional groups attached to an aromatic ring is 1. The Morgan fingerprint density at radius 1 is 1.40 bits per heavy atom. The van der Waals surface area contributed by atoms with E-state index in [1.54, 1.807) is 12.4 Å². The summed E-state index contributed by atoms with van der Waals surface area (Å²) >= 11 is 0. The zero-order valence-corrected chi connectivity index (χ0v) is 9.15. The molecule has 0 atom stereocenters. The van der Waals surface area contributed by atoms with Crippen LogP contribution < -0.4 is 11.1 Å². The van der Waals surface area contributed by atoms with E-state index in [1.807, 2.05) is 11.7 Å². The van der Waals surface area contributed by atoms with Crippen LogP contribution >= 0.6 is 0 Å². The summed E-state index contributed by atoms with van der Waals surface area (Å²) in [4.78, 5) is 4.31. The Labute approximate surface area is 88.3 Å². The number of hydrogen-bond acceptors (Lipinski definition) is 4. The topological polar surface area (TPSA) is 68.8 Å². The minimum atomic E-state index is 0.295. The van der Waals surface area contributed by atoms with Gasteiger partial charge in [0.15, 0.2) is 5.65 Å². The standard InChI is InChI=1S/C10H15N5/c1-6(2)15-10-7(4-14-15)9(12-3)8(11)5-13-10/h4-6H,11H2,1-3H3,(H,12,13). The smallest absolute Gasteiger partial charge is 0.160 e. The molecule has 0 saturated heterocycles. The maximum atomic E-state index is 5.82. The lowest BCUT2D eigenvalue weighted by molar-refractivity contribution is 0.546. The molecule has 0 bridgehead atoms. The second-order valence-corrected chi connectivity index (χ2v) is 3.76. The van der Waals surface area contributed by atoms with E-state index in [0.717, 1.165) is 16.7 Å². The summed E-state index contributed by atoms with van der Waals surface area (Å²) in [6.07, 6.45) is 3.46. The largest absolute Gasteiger partial charge is 0.396 e. The molecule has 0 saturated carbocycles. The Hall–Kier alpha value is -1.78. The van der Waals surface area contributed by atoms with E-state index in [-0.39, 0.29) is 0 Å². The Morgan fingerprint density at radius 2 is 2.13 bits per heavy atom. The molecule has 0 spiro atoms. The zero-order chi connectivity index (χ0) is 11.0. The highest BCUT2D eigenvalue weighted by molar-refractivity contribution is 5.95. The van der Waals surface area contributed by atoms with Crippen LogP contribution in [0, 0.1) is 0 Å². The summed E-state index contributed by atoms with van der Waals surface area (Å²) < 4.78 is 1.88. The Bertz CT molecular complexity index is 486. The number of nitrogens with zero attached hydrogens (tertiary/aromatic N) is 3. The van der Waals surface area contributed by atoms with E-state index in [4.69, 9.17) is 5.73 Å². The molecule has 0 unspecified atom stereocenters. The predicted octanol–water partition coefficient (Wildman–Crippen LogP) is 1.64. The van der Waals surface area contributed by atoms with Crippen molar-refractivity contribution < 1.29 is 0 Å². The molecule has 2 aromatic heterocycles. The van der Waals surface area contributed by atoms with Gasteiger partial charge in [0.25, 0.3) is 0 Å². The Morgan fingerprint density at radius 3 is 2.73 bits per heavy atom. The number of pyridine rings is 1. The number of nitrogens with one attached hydrogen (secondary N) is 1. The monoisotopic (exact) mass is 205 g/mol. The highest BCUT2D eigenvalue weighted by atomic mass is 15.3. The van der Waals surface area contributed by atoms with E-state index in [0.29, 0.717) is 11.7 Å². The number of nitrogens with two attached hydrogens (primary N) is 1. The van der Waals surface area contributed by atoms with Gasteiger partial charge in [-0.15, -0.1) is 0 Å². The molecule has 5 nitrogen and oxygen atoms in total. The van der Waals surface area contributed by atoms with Gasteiger partial charge >= 0.3 is 0 Å². The summed E-state index contributed by atoms with van der Waals surface area (Å²) in [6.45, 7) is 4.15. The normalized spacial score (nSPS) is 11.2. The van der Waals surface area contributed by atoms with Gasteiger partial charge in [0, 0.05) is 13.1 Å². The van der Waals surface area contributed by atoms with Gasteiger partial charge in [0.05, 0.1) is 29.2 Å². The minimum Gasteiger partial charge on any atom is -0.396 e. The molecule has 2 heterocycles. The molecular formula is C10H15N5. The van der Waals surface area contributed by atoms with E-state index >= 15 is 0 Å². The number of aromatic nitrogens is 3. The number of rotatable bonds is 2. The van der Waals surface area contributed by atoms with Gasteiger partial charge in [0.1, 0.15) is 0 Å². The van der Waals surface area contributed by atoms with Crippen molar-refractivity contribution in [3.63, 3.8) is 0 Å².